The topological polar surface area (TPSA) is 102 Å². The molecule has 1 amide bonds. The molecule has 3 aromatic carbocycles. The SMILES string of the molecule is Cc1ccc(S(=O)(=O)N2CCC[C@H]2C(=O)OCC(=O)Nc2ccccc2Oc2ccccc2)cc1. The average Bonchev–Trinajstić information content (AvgIpc) is 3.36. The highest BCUT2D eigenvalue weighted by molar-refractivity contribution is 7.89. The predicted molar refractivity (Wildman–Crippen MR) is 131 cm³/mol. The van der Waals surface area contributed by atoms with Crippen LogP contribution in [0.5, 0.6) is 11.5 Å². The molecule has 182 valence electrons. The van der Waals surface area contributed by atoms with Crippen LogP contribution >= 0.6 is 0 Å². The Labute approximate surface area is 204 Å². The molecule has 3 aromatic rings. The summed E-state index contributed by atoms with van der Waals surface area (Å²) in [5.41, 5.74) is 1.35. The number of nitrogens with zero attached hydrogens (tertiary/aromatic N) is 1. The number of hydrogen-bond donors (Lipinski definition) is 1. The van der Waals surface area contributed by atoms with Crippen LogP contribution in [0, 0.1) is 6.92 Å². The van der Waals surface area contributed by atoms with Crippen LogP contribution in [-0.2, 0) is 24.3 Å². The predicted octanol–water partition coefficient (Wildman–Crippen LogP) is 4.12. The summed E-state index contributed by atoms with van der Waals surface area (Å²) in [6.07, 6.45) is 0.862. The van der Waals surface area contributed by atoms with Crippen LogP contribution in [0.1, 0.15) is 18.4 Å². The van der Waals surface area contributed by atoms with E-state index in [-0.39, 0.29) is 11.4 Å². The number of benzene rings is 3. The van der Waals surface area contributed by atoms with Crippen LogP contribution in [0.3, 0.4) is 0 Å². The zero-order chi connectivity index (χ0) is 24.8. The number of anilines is 1. The molecule has 1 fully saturated rings. The largest absolute Gasteiger partial charge is 0.455 e. The van der Waals surface area contributed by atoms with Gasteiger partial charge in [-0.15, -0.1) is 0 Å². The van der Waals surface area contributed by atoms with Crippen molar-refractivity contribution >= 4 is 27.6 Å². The Bertz CT molecular complexity index is 1290. The molecule has 9 heteroatoms. The van der Waals surface area contributed by atoms with E-state index in [0.29, 0.717) is 30.0 Å². The van der Waals surface area contributed by atoms with E-state index in [1.54, 1.807) is 48.5 Å². The summed E-state index contributed by atoms with van der Waals surface area (Å²) >= 11 is 0. The molecule has 8 nitrogen and oxygen atoms in total. The highest BCUT2D eigenvalue weighted by atomic mass is 32.2. The van der Waals surface area contributed by atoms with Crippen LogP contribution in [0.15, 0.2) is 83.8 Å². The van der Waals surface area contributed by atoms with Crippen molar-refractivity contribution < 1.29 is 27.5 Å². The number of amides is 1. The molecule has 0 aromatic heterocycles. The Morgan fingerprint density at radius 1 is 0.971 bits per heavy atom. The first-order valence-corrected chi connectivity index (χ1v) is 12.7. The number of nitrogens with one attached hydrogen (secondary N) is 1. The number of sulfonamides is 1. The number of ether oxygens (including phenoxy) is 2. The van der Waals surface area contributed by atoms with E-state index in [4.69, 9.17) is 9.47 Å². The molecule has 1 aliphatic rings. The van der Waals surface area contributed by atoms with Crippen LogP contribution in [0.25, 0.3) is 0 Å². The Morgan fingerprint density at radius 2 is 1.66 bits per heavy atom. The maximum absolute atomic E-state index is 13.1. The van der Waals surface area contributed by atoms with Crippen LogP contribution < -0.4 is 10.1 Å². The molecule has 0 radical (unpaired) electrons. The molecule has 1 aliphatic heterocycles. The van der Waals surface area contributed by atoms with Gasteiger partial charge in [-0.25, -0.2) is 8.42 Å². The molecule has 4 rings (SSSR count). The number of hydrogen-bond acceptors (Lipinski definition) is 6. The third-order valence-electron chi connectivity index (χ3n) is 5.58. The molecule has 1 atom stereocenters. The number of esters is 1. The van der Waals surface area contributed by atoms with Gasteiger partial charge in [0.25, 0.3) is 5.91 Å². The van der Waals surface area contributed by atoms with Crippen molar-refractivity contribution in [2.24, 2.45) is 0 Å². The van der Waals surface area contributed by atoms with Gasteiger partial charge in [0, 0.05) is 6.54 Å². The fourth-order valence-corrected chi connectivity index (χ4v) is 5.45. The fourth-order valence-electron chi connectivity index (χ4n) is 3.80. The lowest BCUT2D eigenvalue weighted by atomic mass is 10.2. The molecule has 0 saturated carbocycles. The number of rotatable bonds is 8. The van der Waals surface area contributed by atoms with Crippen molar-refractivity contribution in [3.8, 4) is 11.5 Å². The molecule has 1 saturated heterocycles. The van der Waals surface area contributed by atoms with Crippen LogP contribution in [0.4, 0.5) is 5.69 Å². The summed E-state index contributed by atoms with van der Waals surface area (Å²) in [6.45, 7) is 1.53. The molecule has 1 N–H and O–H groups in total. The Morgan fingerprint density at radius 3 is 2.40 bits per heavy atom. The number of para-hydroxylation sites is 3. The Hall–Kier alpha value is -3.69. The van der Waals surface area contributed by atoms with Crippen molar-refractivity contribution in [3.63, 3.8) is 0 Å². The summed E-state index contributed by atoms with van der Waals surface area (Å²) in [6, 6.07) is 21.5. The van der Waals surface area contributed by atoms with Gasteiger partial charge in [0.15, 0.2) is 12.4 Å². The van der Waals surface area contributed by atoms with E-state index in [1.807, 2.05) is 25.1 Å². The van der Waals surface area contributed by atoms with Gasteiger partial charge >= 0.3 is 5.97 Å². The smallest absolute Gasteiger partial charge is 0.324 e. The van der Waals surface area contributed by atoms with Gasteiger partial charge in [0.2, 0.25) is 10.0 Å². The van der Waals surface area contributed by atoms with Gasteiger partial charge in [-0.3, -0.25) is 9.59 Å². The number of carbonyl (C=O) groups excluding carboxylic acids is 2. The van der Waals surface area contributed by atoms with E-state index in [2.05, 4.69) is 5.32 Å². The van der Waals surface area contributed by atoms with Crippen molar-refractivity contribution in [1.29, 1.82) is 0 Å². The summed E-state index contributed by atoms with van der Waals surface area (Å²) in [5.74, 6) is -0.267. The first kappa shape index (κ1) is 24.4. The first-order valence-electron chi connectivity index (χ1n) is 11.2. The summed E-state index contributed by atoms with van der Waals surface area (Å²) < 4.78 is 38.3. The number of carbonyl (C=O) groups is 2. The third kappa shape index (κ3) is 5.87. The molecule has 35 heavy (non-hydrogen) atoms. The minimum absolute atomic E-state index is 0.121. The summed E-state index contributed by atoms with van der Waals surface area (Å²) in [5, 5.41) is 2.68. The van der Waals surface area contributed by atoms with Gasteiger partial charge in [0.05, 0.1) is 10.6 Å². The second-order valence-corrected chi connectivity index (χ2v) is 10.0. The van der Waals surface area contributed by atoms with Gasteiger partial charge in [-0.2, -0.15) is 4.31 Å². The lowest BCUT2D eigenvalue weighted by Crippen LogP contribution is -2.42. The van der Waals surface area contributed by atoms with Crippen molar-refractivity contribution in [2.75, 3.05) is 18.5 Å². The van der Waals surface area contributed by atoms with E-state index in [9.17, 15) is 18.0 Å². The molecular weight excluding hydrogens is 468 g/mol. The van der Waals surface area contributed by atoms with Crippen molar-refractivity contribution in [2.45, 2.75) is 30.7 Å². The summed E-state index contributed by atoms with van der Waals surface area (Å²) in [4.78, 5) is 25.3. The quantitative estimate of drug-likeness (QED) is 0.473. The second-order valence-electron chi connectivity index (χ2n) is 8.15. The highest BCUT2D eigenvalue weighted by Crippen LogP contribution is 2.29. The Balaban J connectivity index is 1.37. The first-order chi connectivity index (χ1) is 16.8. The molecule has 0 spiro atoms. The van der Waals surface area contributed by atoms with E-state index in [1.165, 1.54) is 12.1 Å². The monoisotopic (exact) mass is 494 g/mol. The maximum Gasteiger partial charge on any atom is 0.324 e. The van der Waals surface area contributed by atoms with Gasteiger partial charge in [0.1, 0.15) is 11.8 Å². The zero-order valence-electron chi connectivity index (χ0n) is 19.2. The molecular formula is C26H26N2O6S. The molecule has 0 aliphatic carbocycles. The van der Waals surface area contributed by atoms with Gasteiger partial charge in [-0.05, 0) is 56.2 Å². The standard InChI is InChI=1S/C26H26N2O6S/c1-19-13-15-21(16-14-19)35(31,32)28-17-7-11-23(28)26(30)33-18-25(29)27-22-10-5-6-12-24(22)34-20-8-3-2-4-9-20/h2-6,8-10,12-16,23H,7,11,17-18H2,1H3,(H,27,29)/t23-/m0/s1. The maximum atomic E-state index is 13.1. The molecule has 1 heterocycles. The van der Waals surface area contributed by atoms with Crippen LogP contribution in [-0.4, -0.2) is 43.8 Å². The van der Waals surface area contributed by atoms with E-state index < -0.39 is 34.5 Å². The fraction of sp³-hybridized carbons (Fsp3) is 0.231. The third-order valence-corrected chi connectivity index (χ3v) is 7.50. The lowest BCUT2D eigenvalue weighted by Gasteiger charge is -2.22. The zero-order valence-corrected chi connectivity index (χ0v) is 20.0. The summed E-state index contributed by atoms with van der Waals surface area (Å²) in [7, 11) is -3.86. The minimum atomic E-state index is -3.86. The highest BCUT2D eigenvalue weighted by Gasteiger charge is 2.40. The van der Waals surface area contributed by atoms with E-state index >= 15 is 0 Å². The second kappa shape index (κ2) is 10.7. The Kier molecular flexibility index (Phi) is 7.48. The average molecular weight is 495 g/mol. The van der Waals surface area contributed by atoms with Crippen molar-refractivity contribution in [1.82, 2.24) is 4.31 Å². The number of aryl methyl sites for hydroxylation is 1. The van der Waals surface area contributed by atoms with E-state index in [0.717, 1.165) is 9.87 Å². The normalized spacial score (nSPS) is 16.0. The van der Waals surface area contributed by atoms with Gasteiger partial charge < -0.3 is 14.8 Å². The molecule has 0 unspecified atom stereocenters. The lowest BCUT2D eigenvalue weighted by molar-refractivity contribution is -0.150. The molecule has 0 bridgehead atoms. The van der Waals surface area contributed by atoms with Crippen LogP contribution in [0.2, 0.25) is 0 Å². The minimum Gasteiger partial charge on any atom is -0.455 e. The van der Waals surface area contributed by atoms with Gasteiger partial charge in [-0.1, -0.05) is 48.0 Å². The van der Waals surface area contributed by atoms with Crippen molar-refractivity contribution in [3.05, 3.63) is 84.4 Å².